The molecule has 0 aromatic heterocycles. The molecular weight excluding hydrogens is 256 g/mol. The molecule has 0 amide bonds. The van der Waals surface area contributed by atoms with E-state index in [9.17, 15) is 4.79 Å². The minimum Gasteiger partial charge on any atom is -0.463 e. The van der Waals surface area contributed by atoms with Crippen LogP contribution in [-0.4, -0.2) is 39.0 Å². The van der Waals surface area contributed by atoms with E-state index < -0.39 is 0 Å². The third kappa shape index (κ3) is 13.8. The summed E-state index contributed by atoms with van der Waals surface area (Å²) in [4.78, 5) is 11.3. The van der Waals surface area contributed by atoms with Gasteiger partial charge in [-0.25, -0.2) is 0 Å². The zero-order valence-corrected chi connectivity index (χ0v) is 13.5. The van der Waals surface area contributed by atoms with Crippen LogP contribution in [0.2, 0.25) is 0 Å². The van der Waals surface area contributed by atoms with E-state index in [2.05, 4.69) is 20.8 Å². The lowest BCUT2D eigenvalue weighted by atomic mass is 10.1. The number of hydrogen-bond acceptors (Lipinski definition) is 4. The minimum atomic E-state index is -0.113. The quantitative estimate of drug-likeness (QED) is 0.362. The van der Waals surface area contributed by atoms with Gasteiger partial charge in [-0.2, -0.15) is 0 Å². The molecule has 0 bridgehead atoms. The van der Waals surface area contributed by atoms with Crippen LogP contribution in [0.1, 0.15) is 59.3 Å². The molecule has 0 N–H and O–H groups in total. The summed E-state index contributed by atoms with van der Waals surface area (Å²) in [6.07, 6.45) is 6.06. The number of rotatable bonds is 14. The average Bonchev–Trinajstić information content (AvgIpc) is 2.46. The first kappa shape index (κ1) is 19.4. The van der Waals surface area contributed by atoms with Crippen LogP contribution in [0.3, 0.4) is 0 Å². The maximum atomic E-state index is 11.3. The summed E-state index contributed by atoms with van der Waals surface area (Å²) in [6.45, 7) is 9.22. The van der Waals surface area contributed by atoms with Crippen LogP contribution in [0.15, 0.2) is 0 Å². The van der Waals surface area contributed by atoms with Crippen molar-refractivity contribution in [3.05, 3.63) is 0 Å². The molecule has 0 aromatic rings. The van der Waals surface area contributed by atoms with E-state index in [0.717, 1.165) is 25.9 Å². The van der Waals surface area contributed by atoms with E-state index in [4.69, 9.17) is 14.2 Å². The molecule has 20 heavy (non-hydrogen) atoms. The Labute approximate surface area is 124 Å². The number of carbonyl (C=O) groups is 1. The van der Waals surface area contributed by atoms with Gasteiger partial charge in [0.1, 0.15) is 6.61 Å². The highest BCUT2D eigenvalue weighted by atomic mass is 16.6. The topological polar surface area (TPSA) is 44.8 Å². The molecule has 0 aromatic carbocycles. The fourth-order valence-electron chi connectivity index (χ4n) is 1.60. The Morgan fingerprint density at radius 2 is 1.65 bits per heavy atom. The molecule has 0 heterocycles. The Morgan fingerprint density at radius 1 is 0.950 bits per heavy atom. The van der Waals surface area contributed by atoms with E-state index in [1.807, 2.05) is 0 Å². The van der Waals surface area contributed by atoms with Crippen LogP contribution < -0.4 is 0 Å². The zero-order valence-electron chi connectivity index (χ0n) is 13.5. The summed E-state index contributed by atoms with van der Waals surface area (Å²) >= 11 is 0. The Hall–Kier alpha value is -0.610. The summed E-state index contributed by atoms with van der Waals surface area (Å²) < 4.78 is 15.9. The van der Waals surface area contributed by atoms with Gasteiger partial charge in [-0.3, -0.25) is 4.79 Å². The number of carbonyl (C=O) groups excluding carboxylic acids is 1. The molecule has 0 radical (unpaired) electrons. The van der Waals surface area contributed by atoms with Crippen LogP contribution in [0, 0.1) is 5.92 Å². The van der Waals surface area contributed by atoms with Crippen molar-refractivity contribution < 1.29 is 19.0 Å². The predicted molar refractivity (Wildman–Crippen MR) is 80.8 cm³/mol. The second-order valence-corrected chi connectivity index (χ2v) is 5.23. The number of esters is 1. The lowest BCUT2D eigenvalue weighted by Gasteiger charge is -2.10. The molecule has 0 saturated heterocycles. The Kier molecular flexibility index (Phi) is 14.3. The van der Waals surface area contributed by atoms with E-state index >= 15 is 0 Å². The van der Waals surface area contributed by atoms with Crippen molar-refractivity contribution in [2.24, 2.45) is 5.92 Å². The van der Waals surface area contributed by atoms with Crippen LogP contribution in [-0.2, 0) is 19.0 Å². The summed E-state index contributed by atoms with van der Waals surface area (Å²) in [5.74, 6) is 0.487. The molecule has 0 aliphatic rings. The highest BCUT2D eigenvalue weighted by Crippen LogP contribution is 2.03. The second kappa shape index (κ2) is 14.8. The van der Waals surface area contributed by atoms with E-state index in [-0.39, 0.29) is 5.97 Å². The highest BCUT2D eigenvalue weighted by Gasteiger charge is 2.02. The SMILES string of the molecule is CCCCCCC(=O)OCCOCCOCC(C)CC. The molecule has 0 saturated carbocycles. The lowest BCUT2D eigenvalue weighted by molar-refractivity contribution is -0.145. The molecule has 0 fully saturated rings. The van der Waals surface area contributed by atoms with E-state index in [1.54, 1.807) is 0 Å². The third-order valence-electron chi connectivity index (χ3n) is 3.20. The second-order valence-electron chi connectivity index (χ2n) is 5.23. The maximum absolute atomic E-state index is 11.3. The standard InChI is InChI=1S/C16H32O4/c1-4-6-7-8-9-16(17)20-13-12-18-10-11-19-14-15(3)5-2/h15H,4-14H2,1-3H3. The van der Waals surface area contributed by atoms with Gasteiger partial charge in [0, 0.05) is 13.0 Å². The van der Waals surface area contributed by atoms with Crippen molar-refractivity contribution in [1.29, 1.82) is 0 Å². The first-order valence-electron chi connectivity index (χ1n) is 8.01. The average molecular weight is 288 g/mol. The Bertz CT molecular complexity index is 219. The molecular formula is C16H32O4. The van der Waals surface area contributed by atoms with Crippen LogP contribution in [0.25, 0.3) is 0 Å². The van der Waals surface area contributed by atoms with Gasteiger partial charge in [-0.05, 0) is 12.3 Å². The monoisotopic (exact) mass is 288 g/mol. The molecule has 0 spiro atoms. The molecule has 0 rings (SSSR count). The summed E-state index contributed by atoms with van der Waals surface area (Å²) in [5, 5.41) is 0. The van der Waals surface area contributed by atoms with Gasteiger partial charge in [-0.1, -0.05) is 46.5 Å². The third-order valence-corrected chi connectivity index (χ3v) is 3.20. The van der Waals surface area contributed by atoms with Gasteiger partial charge in [0.25, 0.3) is 0 Å². The lowest BCUT2D eigenvalue weighted by Crippen LogP contribution is -2.14. The van der Waals surface area contributed by atoms with Gasteiger partial charge in [0.05, 0.1) is 19.8 Å². The van der Waals surface area contributed by atoms with Crippen molar-refractivity contribution in [2.75, 3.05) is 33.0 Å². The highest BCUT2D eigenvalue weighted by molar-refractivity contribution is 5.69. The molecule has 1 atom stereocenters. The van der Waals surface area contributed by atoms with Crippen molar-refractivity contribution in [1.82, 2.24) is 0 Å². The maximum Gasteiger partial charge on any atom is 0.305 e. The smallest absolute Gasteiger partial charge is 0.305 e. The van der Waals surface area contributed by atoms with Crippen LogP contribution in [0.5, 0.6) is 0 Å². The molecule has 1 unspecified atom stereocenters. The summed E-state index contributed by atoms with van der Waals surface area (Å²) in [6, 6.07) is 0. The van der Waals surface area contributed by atoms with Gasteiger partial charge in [-0.15, -0.1) is 0 Å². The van der Waals surface area contributed by atoms with Gasteiger partial charge < -0.3 is 14.2 Å². The summed E-state index contributed by atoms with van der Waals surface area (Å²) in [7, 11) is 0. The molecule has 0 aliphatic heterocycles. The first-order chi connectivity index (χ1) is 9.70. The molecule has 4 heteroatoms. The first-order valence-corrected chi connectivity index (χ1v) is 8.01. The minimum absolute atomic E-state index is 0.113. The zero-order chi connectivity index (χ0) is 15.1. The van der Waals surface area contributed by atoms with E-state index in [0.29, 0.717) is 38.8 Å². The van der Waals surface area contributed by atoms with E-state index in [1.165, 1.54) is 12.8 Å². The molecule has 0 aliphatic carbocycles. The Morgan fingerprint density at radius 3 is 2.35 bits per heavy atom. The number of unbranched alkanes of at least 4 members (excludes halogenated alkanes) is 3. The normalized spacial score (nSPS) is 12.3. The number of hydrogen-bond donors (Lipinski definition) is 0. The van der Waals surface area contributed by atoms with Crippen LogP contribution in [0.4, 0.5) is 0 Å². The fourth-order valence-corrected chi connectivity index (χ4v) is 1.60. The number of ether oxygens (including phenoxy) is 3. The summed E-state index contributed by atoms with van der Waals surface area (Å²) in [5.41, 5.74) is 0. The van der Waals surface area contributed by atoms with Crippen molar-refractivity contribution in [3.8, 4) is 0 Å². The molecule has 4 nitrogen and oxygen atoms in total. The van der Waals surface area contributed by atoms with Crippen molar-refractivity contribution in [2.45, 2.75) is 59.3 Å². The molecule has 120 valence electrons. The fraction of sp³-hybridized carbons (Fsp3) is 0.938. The van der Waals surface area contributed by atoms with Crippen molar-refractivity contribution >= 4 is 5.97 Å². The largest absolute Gasteiger partial charge is 0.463 e. The van der Waals surface area contributed by atoms with Gasteiger partial charge in [0.2, 0.25) is 0 Å². The predicted octanol–water partition coefficient (Wildman–Crippen LogP) is 3.58. The van der Waals surface area contributed by atoms with Crippen LogP contribution >= 0.6 is 0 Å². The van der Waals surface area contributed by atoms with Gasteiger partial charge in [0.15, 0.2) is 0 Å². The van der Waals surface area contributed by atoms with Gasteiger partial charge >= 0.3 is 5.97 Å². The van der Waals surface area contributed by atoms with Crippen molar-refractivity contribution in [3.63, 3.8) is 0 Å². The Balaban J connectivity index is 3.17.